The van der Waals surface area contributed by atoms with Crippen LogP contribution >= 0.6 is 38.5 Å². The quantitative estimate of drug-likeness (QED) is 0.471. The first-order valence-corrected chi connectivity index (χ1v) is 6.00. The molecule has 0 saturated carbocycles. The van der Waals surface area contributed by atoms with Crippen molar-refractivity contribution < 1.29 is 14.7 Å². The molecule has 0 atom stereocenters. The summed E-state index contributed by atoms with van der Waals surface area (Å²) < 4.78 is 1.66. The van der Waals surface area contributed by atoms with Crippen molar-refractivity contribution in [1.82, 2.24) is 5.48 Å². The molecule has 0 bridgehead atoms. The van der Waals surface area contributed by atoms with E-state index in [4.69, 9.17) is 9.94 Å². The van der Waals surface area contributed by atoms with Crippen LogP contribution in [0.4, 0.5) is 0 Å². The van der Waals surface area contributed by atoms with Crippen molar-refractivity contribution in [3.8, 4) is 0 Å². The third-order valence-electron chi connectivity index (χ3n) is 1.53. The lowest BCUT2D eigenvalue weighted by Gasteiger charge is -2.06. The zero-order valence-corrected chi connectivity index (χ0v) is 11.4. The number of nitrogens with one attached hydrogen (secondary N) is 1. The van der Waals surface area contributed by atoms with Crippen molar-refractivity contribution in [1.29, 1.82) is 0 Å². The van der Waals surface area contributed by atoms with Gasteiger partial charge in [-0.15, -0.1) is 0 Å². The van der Waals surface area contributed by atoms with Gasteiger partial charge >= 0.3 is 0 Å². The van der Waals surface area contributed by atoms with Crippen molar-refractivity contribution >= 4 is 44.4 Å². The number of aliphatic hydroxyl groups excluding tert-OH is 1. The Morgan fingerprint density at radius 2 is 2.33 bits per heavy atom. The SMILES string of the molecule is O=C(NOCCO)c1cc(I)ccc1Br. The molecule has 4 nitrogen and oxygen atoms in total. The van der Waals surface area contributed by atoms with E-state index in [0.29, 0.717) is 10.0 Å². The highest BCUT2D eigenvalue weighted by Crippen LogP contribution is 2.19. The number of hydrogen-bond acceptors (Lipinski definition) is 3. The Hall–Kier alpha value is -0.180. The number of benzene rings is 1. The van der Waals surface area contributed by atoms with Crippen LogP contribution in [0.5, 0.6) is 0 Å². The molecular weight excluding hydrogens is 377 g/mol. The number of hydroxylamine groups is 1. The summed E-state index contributed by atoms with van der Waals surface area (Å²) in [6, 6.07) is 5.42. The van der Waals surface area contributed by atoms with Gasteiger partial charge in [-0.2, -0.15) is 0 Å². The molecule has 1 aromatic carbocycles. The molecule has 1 aromatic rings. The first-order valence-electron chi connectivity index (χ1n) is 4.13. The van der Waals surface area contributed by atoms with Crippen LogP contribution in [-0.2, 0) is 4.84 Å². The van der Waals surface area contributed by atoms with Gasteiger partial charge in [-0.25, -0.2) is 5.48 Å². The topological polar surface area (TPSA) is 58.6 Å². The minimum absolute atomic E-state index is 0.0767. The Bertz CT molecular complexity index is 359. The van der Waals surface area contributed by atoms with E-state index in [-0.39, 0.29) is 19.1 Å². The predicted octanol–water partition coefficient (Wildman–Crippen LogP) is 1.71. The van der Waals surface area contributed by atoms with Crippen molar-refractivity contribution in [2.24, 2.45) is 0 Å². The third-order valence-corrected chi connectivity index (χ3v) is 2.89. The molecule has 15 heavy (non-hydrogen) atoms. The van der Waals surface area contributed by atoms with Crippen molar-refractivity contribution in [2.45, 2.75) is 0 Å². The predicted molar refractivity (Wildman–Crippen MR) is 67.4 cm³/mol. The summed E-state index contributed by atoms with van der Waals surface area (Å²) in [5, 5.41) is 8.46. The van der Waals surface area contributed by atoms with Crippen molar-refractivity contribution in [3.63, 3.8) is 0 Å². The molecule has 0 aliphatic rings. The van der Waals surface area contributed by atoms with Gasteiger partial charge in [-0.05, 0) is 56.7 Å². The summed E-state index contributed by atoms with van der Waals surface area (Å²) in [6.45, 7) is -0.0545. The first-order chi connectivity index (χ1) is 7.15. The molecule has 6 heteroatoms. The average Bonchev–Trinajstić information content (AvgIpc) is 2.22. The number of halogens is 2. The van der Waals surface area contributed by atoms with E-state index in [2.05, 4.69) is 44.0 Å². The number of carbonyl (C=O) groups excluding carboxylic acids is 1. The zero-order valence-electron chi connectivity index (χ0n) is 7.67. The van der Waals surface area contributed by atoms with Gasteiger partial charge < -0.3 is 5.11 Å². The first kappa shape index (κ1) is 12.9. The normalized spacial score (nSPS) is 10.1. The summed E-state index contributed by atoms with van der Waals surface area (Å²) in [6.07, 6.45) is 0. The van der Waals surface area contributed by atoms with Crippen LogP contribution in [0.1, 0.15) is 10.4 Å². The van der Waals surface area contributed by atoms with Crippen LogP contribution in [0.2, 0.25) is 0 Å². The Balaban J connectivity index is 2.68. The van der Waals surface area contributed by atoms with Crippen LogP contribution in [0.25, 0.3) is 0 Å². The van der Waals surface area contributed by atoms with E-state index >= 15 is 0 Å². The standard InChI is InChI=1S/C9H9BrINO3/c10-8-2-1-6(11)5-7(8)9(14)12-15-4-3-13/h1-2,5,13H,3-4H2,(H,12,14). The highest BCUT2D eigenvalue weighted by atomic mass is 127. The van der Waals surface area contributed by atoms with Crippen molar-refractivity contribution in [3.05, 3.63) is 31.8 Å². The van der Waals surface area contributed by atoms with E-state index in [0.717, 1.165) is 3.57 Å². The van der Waals surface area contributed by atoms with Crippen molar-refractivity contribution in [2.75, 3.05) is 13.2 Å². The number of amides is 1. The molecule has 2 N–H and O–H groups in total. The Morgan fingerprint density at radius 3 is 3.00 bits per heavy atom. The molecule has 1 rings (SSSR count). The van der Waals surface area contributed by atoms with Gasteiger partial charge in [0.1, 0.15) is 0 Å². The maximum Gasteiger partial charge on any atom is 0.276 e. The summed E-state index contributed by atoms with van der Waals surface area (Å²) in [7, 11) is 0. The Labute approximate surface area is 109 Å². The summed E-state index contributed by atoms with van der Waals surface area (Å²) in [4.78, 5) is 16.3. The van der Waals surface area contributed by atoms with Crippen LogP contribution in [0.15, 0.2) is 22.7 Å². The summed E-state index contributed by atoms with van der Waals surface area (Å²) in [5.74, 6) is -0.339. The molecule has 1 amide bonds. The average molecular weight is 386 g/mol. The Morgan fingerprint density at radius 1 is 1.60 bits per heavy atom. The van der Waals surface area contributed by atoms with Crippen LogP contribution in [0.3, 0.4) is 0 Å². The zero-order chi connectivity index (χ0) is 11.3. The van der Waals surface area contributed by atoms with Crippen LogP contribution < -0.4 is 5.48 Å². The molecule has 0 aromatic heterocycles. The summed E-state index contributed by atoms with van der Waals surface area (Å²) in [5.41, 5.74) is 2.74. The van der Waals surface area contributed by atoms with E-state index < -0.39 is 0 Å². The Kier molecular flexibility index (Phi) is 5.51. The van der Waals surface area contributed by atoms with Gasteiger partial charge in [0.15, 0.2) is 0 Å². The second-order valence-electron chi connectivity index (χ2n) is 2.63. The lowest BCUT2D eigenvalue weighted by molar-refractivity contribution is 0.0167. The molecule has 82 valence electrons. The highest BCUT2D eigenvalue weighted by molar-refractivity contribution is 14.1. The third kappa shape index (κ3) is 4.06. The van der Waals surface area contributed by atoms with Gasteiger partial charge in [0.2, 0.25) is 0 Å². The fourth-order valence-electron chi connectivity index (χ4n) is 0.889. The van der Waals surface area contributed by atoms with Gasteiger partial charge in [-0.3, -0.25) is 9.63 Å². The monoisotopic (exact) mass is 385 g/mol. The minimum atomic E-state index is -0.339. The maximum absolute atomic E-state index is 11.5. The molecule has 0 spiro atoms. The molecule has 0 radical (unpaired) electrons. The molecular formula is C9H9BrINO3. The fraction of sp³-hybridized carbons (Fsp3) is 0.222. The molecule has 0 heterocycles. The minimum Gasteiger partial charge on any atom is -0.394 e. The fourth-order valence-corrected chi connectivity index (χ4v) is 1.81. The molecule has 0 unspecified atom stereocenters. The highest BCUT2D eigenvalue weighted by Gasteiger charge is 2.09. The molecule has 0 aliphatic heterocycles. The molecule has 0 fully saturated rings. The number of rotatable bonds is 4. The maximum atomic E-state index is 11.5. The van der Waals surface area contributed by atoms with Gasteiger partial charge in [-0.1, -0.05) is 0 Å². The lowest BCUT2D eigenvalue weighted by Crippen LogP contribution is -2.25. The van der Waals surface area contributed by atoms with Crippen LogP contribution in [-0.4, -0.2) is 24.2 Å². The van der Waals surface area contributed by atoms with E-state index in [1.165, 1.54) is 0 Å². The van der Waals surface area contributed by atoms with E-state index in [1.54, 1.807) is 12.1 Å². The summed E-state index contributed by atoms with van der Waals surface area (Å²) >= 11 is 5.39. The second-order valence-corrected chi connectivity index (χ2v) is 4.73. The molecule has 0 aliphatic carbocycles. The number of aliphatic hydroxyl groups is 1. The largest absolute Gasteiger partial charge is 0.394 e. The molecule has 0 saturated heterocycles. The smallest absolute Gasteiger partial charge is 0.276 e. The number of hydrogen-bond donors (Lipinski definition) is 2. The second kappa shape index (κ2) is 6.41. The van der Waals surface area contributed by atoms with Gasteiger partial charge in [0.25, 0.3) is 5.91 Å². The van der Waals surface area contributed by atoms with Crippen LogP contribution in [0, 0.1) is 3.57 Å². The number of carbonyl (C=O) groups is 1. The lowest BCUT2D eigenvalue weighted by atomic mass is 10.2. The van der Waals surface area contributed by atoms with Gasteiger partial charge in [0, 0.05) is 8.04 Å². The van der Waals surface area contributed by atoms with E-state index in [9.17, 15) is 4.79 Å². The van der Waals surface area contributed by atoms with E-state index in [1.807, 2.05) is 6.07 Å². The van der Waals surface area contributed by atoms with Gasteiger partial charge in [0.05, 0.1) is 18.8 Å².